The van der Waals surface area contributed by atoms with Crippen LogP contribution >= 0.6 is 0 Å². The molecule has 308 valence electrons. The van der Waals surface area contributed by atoms with E-state index in [0.29, 0.717) is 48.0 Å². The fourth-order valence-electron chi connectivity index (χ4n) is 9.14. The van der Waals surface area contributed by atoms with Gasteiger partial charge in [0.1, 0.15) is 30.2 Å². The average Bonchev–Trinajstić information content (AvgIpc) is 3.74. The Kier molecular flexibility index (Phi) is 10.1. The smallest absolute Gasteiger partial charge is 0.255 e. The number of hydrogen-bond acceptors (Lipinski definition) is 9. The van der Waals surface area contributed by atoms with Gasteiger partial charge in [-0.3, -0.25) is 14.6 Å². The summed E-state index contributed by atoms with van der Waals surface area (Å²) in [4.78, 5) is 43.2. The van der Waals surface area contributed by atoms with Gasteiger partial charge in [-0.25, -0.2) is 9.97 Å². The first-order chi connectivity index (χ1) is 29.7. The van der Waals surface area contributed by atoms with Gasteiger partial charge in [0.15, 0.2) is 0 Å². The van der Waals surface area contributed by atoms with Gasteiger partial charge in [0, 0.05) is 109 Å². The lowest BCUT2D eigenvalue weighted by molar-refractivity contribution is -0.126. The first-order valence-corrected chi connectivity index (χ1v) is 21.1. The van der Waals surface area contributed by atoms with Crippen LogP contribution in [0.25, 0.3) is 32.9 Å². The molecule has 4 aromatic heterocycles. The molecule has 3 aliphatic heterocycles. The fraction of sp³-hybridized carbons (Fsp3) is 0.327. The number of benzene rings is 2. The van der Waals surface area contributed by atoms with Crippen molar-refractivity contribution in [2.45, 2.75) is 76.3 Å². The summed E-state index contributed by atoms with van der Waals surface area (Å²) in [6.07, 6.45) is 13.0. The zero-order chi connectivity index (χ0) is 41.6. The van der Waals surface area contributed by atoms with Gasteiger partial charge in [-0.15, -0.1) is 0 Å². The van der Waals surface area contributed by atoms with Crippen LogP contribution in [-0.2, 0) is 23.1 Å². The molecule has 1 N–H and O–H groups in total. The Morgan fingerprint density at radius 1 is 0.869 bits per heavy atom. The number of nitrogens with one attached hydrogen (secondary N) is 1. The number of ether oxygens (including phenoxy) is 3. The van der Waals surface area contributed by atoms with Crippen molar-refractivity contribution in [3.63, 3.8) is 0 Å². The van der Waals surface area contributed by atoms with Gasteiger partial charge in [-0.2, -0.15) is 0 Å². The van der Waals surface area contributed by atoms with Crippen LogP contribution in [0.4, 0.5) is 5.69 Å². The molecule has 0 spiro atoms. The first-order valence-electron chi connectivity index (χ1n) is 21.1. The molecule has 61 heavy (non-hydrogen) atoms. The second kappa shape index (κ2) is 16.0. The Labute approximate surface area is 354 Å². The third-order valence-electron chi connectivity index (χ3n) is 12.6. The van der Waals surface area contributed by atoms with Crippen LogP contribution in [0.2, 0.25) is 0 Å². The fourth-order valence-corrected chi connectivity index (χ4v) is 9.14. The van der Waals surface area contributed by atoms with Gasteiger partial charge < -0.3 is 33.9 Å². The lowest BCUT2D eigenvalue weighted by Gasteiger charge is -2.40. The number of amides is 2. The van der Waals surface area contributed by atoms with E-state index >= 15 is 0 Å². The number of piperidine rings is 2. The van der Waals surface area contributed by atoms with Crippen molar-refractivity contribution >= 4 is 39.3 Å². The number of pyridine rings is 3. The minimum Gasteiger partial charge on any atom is -0.481 e. The number of carbonyl (C=O) groups is 2. The summed E-state index contributed by atoms with van der Waals surface area (Å²) in [6.45, 7) is 8.28. The van der Waals surface area contributed by atoms with Crippen molar-refractivity contribution in [2.24, 2.45) is 7.05 Å². The van der Waals surface area contributed by atoms with Gasteiger partial charge in [-0.1, -0.05) is 24.6 Å². The monoisotopic (exact) mass is 813 g/mol. The van der Waals surface area contributed by atoms with Crippen LogP contribution < -0.4 is 19.7 Å². The summed E-state index contributed by atoms with van der Waals surface area (Å²) in [5, 5.41) is 5.14. The van der Waals surface area contributed by atoms with E-state index in [4.69, 9.17) is 14.2 Å². The Hall–Kier alpha value is -6.71. The summed E-state index contributed by atoms with van der Waals surface area (Å²) < 4.78 is 20.9. The van der Waals surface area contributed by atoms with Crippen LogP contribution in [0.15, 0.2) is 97.7 Å². The molecule has 1 aliphatic carbocycles. The van der Waals surface area contributed by atoms with Crippen molar-refractivity contribution in [3.05, 3.63) is 120 Å². The molecule has 1 unspecified atom stereocenters. The van der Waals surface area contributed by atoms with Crippen LogP contribution in [0.5, 0.6) is 11.6 Å². The molecule has 1 saturated carbocycles. The van der Waals surface area contributed by atoms with E-state index < -0.39 is 6.04 Å². The van der Waals surface area contributed by atoms with Crippen molar-refractivity contribution < 1.29 is 23.8 Å². The zero-order valence-electron chi connectivity index (χ0n) is 34.4. The Morgan fingerprint density at radius 3 is 2.54 bits per heavy atom. The van der Waals surface area contributed by atoms with Crippen molar-refractivity contribution in [1.29, 1.82) is 0 Å². The van der Waals surface area contributed by atoms with Crippen LogP contribution in [0.3, 0.4) is 0 Å². The highest BCUT2D eigenvalue weighted by atomic mass is 16.5. The van der Waals surface area contributed by atoms with E-state index in [2.05, 4.69) is 98.5 Å². The molecule has 2 aromatic carbocycles. The minimum absolute atomic E-state index is 0.109. The molecule has 2 amide bonds. The molecule has 2 saturated heterocycles. The second-order valence-corrected chi connectivity index (χ2v) is 16.6. The maximum atomic E-state index is 13.1. The molecule has 12 heteroatoms. The standard InChI is InChI=1S/C49H47N7O5/c1-30-26-51-35(5-4-20-59-37-9-11-40-34(21-37)29-56(49(40)58)44-12-6-31(2)53-48(44)57)23-45(30)55-18-15-36(16-19-55)60-38-24-39(25-38)61-47-13-8-33(27-52-47)32-7-10-41-42-28-50-17-14-43(42)54(3)46(41)22-32/h7-11,13-14,17,21-23,26-28,36,38-39,44H,2,6,12,15-16,18-20,24-25,29H2,1,3H3,(H,53,57). The van der Waals surface area contributed by atoms with Gasteiger partial charge in [0.2, 0.25) is 11.8 Å². The number of allylic oxidation sites excluding steroid dienone is 1. The SMILES string of the molecule is C=C1CCC(N2Cc3cc(OCC#Cc4cc(N5CCC(OC6CC(Oc7ccc(-c8ccc9c%10cnccc%10n(C)c9c8)cn7)C6)CC5)c(C)cn4)ccc3C2=O)C(=O)N1. The maximum absolute atomic E-state index is 13.1. The lowest BCUT2D eigenvalue weighted by atomic mass is 9.91. The molecule has 7 heterocycles. The molecule has 4 aliphatic rings. The minimum atomic E-state index is -0.493. The third kappa shape index (κ3) is 7.66. The highest BCUT2D eigenvalue weighted by Crippen LogP contribution is 2.35. The molecule has 10 rings (SSSR count). The molecule has 3 fully saturated rings. The molecule has 0 radical (unpaired) electrons. The topological polar surface area (TPSA) is 124 Å². The quantitative estimate of drug-likeness (QED) is 0.150. The van der Waals surface area contributed by atoms with E-state index in [1.54, 1.807) is 17.0 Å². The van der Waals surface area contributed by atoms with E-state index in [-0.39, 0.29) is 36.7 Å². The summed E-state index contributed by atoms with van der Waals surface area (Å²) in [5.74, 6) is 7.23. The van der Waals surface area contributed by atoms with Gasteiger partial charge in [0.05, 0.1) is 17.7 Å². The second-order valence-electron chi connectivity index (χ2n) is 16.6. The van der Waals surface area contributed by atoms with Gasteiger partial charge in [-0.05, 0) is 97.7 Å². The van der Waals surface area contributed by atoms with Crippen LogP contribution in [0.1, 0.15) is 65.7 Å². The predicted octanol–water partition coefficient (Wildman–Crippen LogP) is 7.27. The highest BCUT2D eigenvalue weighted by molar-refractivity contribution is 6.08. The van der Waals surface area contributed by atoms with E-state index in [1.165, 1.54) is 16.4 Å². The van der Waals surface area contributed by atoms with E-state index in [0.717, 1.165) is 72.1 Å². The largest absolute Gasteiger partial charge is 0.481 e. The number of aryl methyl sites for hydroxylation is 2. The van der Waals surface area contributed by atoms with E-state index in [1.807, 2.05) is 36.9 Å². The Morgan fingerprint density at radius 2 is 1.72 bits per heavy atom. The lowest BCUT2D eigenvalue weighted by Crippen LogP contribution is -2.49. The van der Waals surface area contributed by atoms with Crippen LogP contribution in [-0.4, -0.2) is 80.3 Å². The Balaban J connectivity index is 0.671. The molecule has 12 nitrogen and oxygen atoms in total. The zero-order valence-corrected chi connectivity index (χ0v) is 34.4. The van der Waals surface area contributed by atoms with Gasteiger partial charge >= 0.3 is 0 Å². The van der Waals surface area contributed by atoms with E-state index in [9.17, 15) is 9.59 Å². The average molecular weight is 814 g/mol. The summed E-state index contributed by atoms with van der Waals surface area (Å²) >= 11 is 0. The molecule has 1 atom stereocenters. The predicted molar refractivity (Wildman–Crippen MR) is 233 cm³/mol. The van der Waals surface area contributed by atoms with Crippen molar-refractivity contribution in [3.8, 4) is 34.6 Å². The number of rotatable bonds is 9. The normalized spacial score (nSPS) is 20.3. The molecule has 6 aromatic rings. The number of carbonyl (C=O) groups excluding carboxylic acids is 2. The molecular weight excluding hydrogens is 767 g/mol. The summed E-state index contributed by atoms with van der Waals surface area (Å²) in [7, 11) is 2.09. The van der Waals surface area contributed by atoms with Crippen LogP contribution in [0, 0.1) is 18.8 Å². The Bertz CT molecular complexity index is 2760. The van der Waals surface area contributed by atoms with Gasteiger partial charge in [0.25, 0.3) is 5.91 Å². The highest BCUT2D eigenvalue weighted by Gasteiger charge is 2.38. The van der Waals surface area contributed by atoms with Crippen molar-refractivity contribution in [1.82, 2.24) is 29.7 Å². The number of aromatic nitrogens is 4. The summed E-state index contributed by atoms with van der Waals surface area (Å²) in [5.41, 5.74) is 9.60. The van der Waals surface area contributed by atoms with Crippen molar-refractivity contribution in [2.75, 3.05) is 24.6 Å². The molecule has 0 bridgehead atoms. The maximum Gasteiger partial charge on any atom is 0.255 e. The number of nitrogens with zero attached hydrogens (tertiary/aromatic N) is 6. The number of anilines is 1. The number of hydrogen-bond donors (Lipinski definition) is 1. The third-order valence-corrected chi connectivity index (χ3v) is 12.6. The summed E-state index contributed by atoms with van der Waals surface area (Å²) in [6, 6.07) is 19.6. The number of fused-ring (bicyclic) bond motifs is 4. The first kappa shape index (κ1) is 38.5. The molecular formula is C49H47N7O5.